The molecule has 3 aromatic rings. The number of hydrogen-bond acceptors (Lipinski definition) is 9. The molecule has 4 rings (SSSR count). The standard InChI is InChI=1S/C23H32N6.C4H6O6.4H2O/c1-15-12-16(2)21-20(13-15)27-22(28-21)19-14-25-23(26-17(19)3)24-9-5-6-18-7-10-29(4)11-8-18;5-1(3(7)8)2(6)4(9)10;;;;/h12-14,18H,5-11H2,1-4H3,(H,27,28)(H,24,25,26);1-2,5-6H,(H,7,8)(H,9,10);4*1H2. The van der Waals surface area contributed by atoms with Crippen LogP contribution in [0.3, 0.4) is 0 Å². The van der Waals surface area contributed by atoms with E-state index in [9.17, 15) is 9.59 Å². The summed E-state index contributed by atoms with van der Waals surface area (Å²) < 4.78 is 0. The number of rotatable bonds is 9. The second kappa shape index (κ2) is 18.7. The van der Waals surface area contributed by atoms with E-state index in [0.717, 1.165) is 40.6 Å². The van der Waals surface area contributed by atoms with Crippen LogP contribution < -0.4 is 5.32 Å². The van der Waals surface area contributed by atoms with E-state index < -0.39 is 24.1 Å². The van der Waals surface area contributed by atoms with E-state index in [-0.39, 0.29) is 21.9 Å². The number of carboxylic acids is 2. The lowest BCUT2D eigenvalue weighted by Crippen LogP contribution is -2.39. The Hall–Kier alpha value is -3.77. The third kappa shape index (κ3) is 11.4. The van der Waals surface area contributed by atoms with Crippen molar-refractivity contribution in [3.63, 3.8) is 0 Å². The Morgan fingerprint density at radius 3 is 2.12 bits per heavy atom. The molecule has 43 heavy (non-hydrogen) atoms. The monoisotopic (exact) mass is 614 g/mol. The van der Waals surface area contributed by atoms with Crippen molar-refractivity contribution in [1.29, 1.82) is 0 Å². The number of nitrogens with zero attached hydrogens (tertiary/aromatic N) is 4. The minimum Gasteiger partial charge on any atom is -0.479 e. The molecule has 2 aromatic heterocycles. The van der Waals surface area contributed by atoms with Gasteiger partial charge in [0.15, 0.2) is 12.2 Å². The number of aromatic nitrogens is 4. The molecule has 2 unspecified atom stereocenters. The van der Waals surface area contributed by atoms with Gasteiger partial charge in [-0.15, -0.1) is 0 Å². The van der Waals surface area contributed by atoms with Crippen molar-refractivity contribution in [2.45, 2.75) is 58.7 Å². The number of aryl methyl sites for hydroxylation is 3. The molecule has 0 radical (unpaired) electrons. The molecule has 16 heteroatoms. The van der Waals surface area contributed by atoms with Crippen molar-refractivity contribution < 1.29 is 51.9 Å². The van der Waals surface area contributed by atoms with Gasteiger partial charge >= 0.3 is 11.9 Å². The third-order valence-corrected chi connectivity index (χ3v) is 6.87. The molecular weight excluding hydrogens is 568 g/mol. The molecule has 2 atom stereocenters. The van der Waals surface area contributed by atoms with Gasteiger partial charge in [0.2, 0.25) is 5.95 Å². The Morgan fingerprint density at radius 2 is 1.58 bits per heavy atom. The van der Waals surface area contributed by atoms with Crippen LogP contribution in [0.4, 0.5) is 5.95 Å². The summed E-state index contributed by atoms with van der Waals surface area (Å²) in [5.74, 6) is -1.12. The Kier molecular flexibility index (Phi) is 18.0. The highest BCUT2D eigenvalue weighted by atomic mass is 16.4. The van der Waals surface area contributed by atoms with Gasteiger partial charge < -0.3 is 57.5 Å². The minimum atomic E-state index is -2.27. The van der Waals surface area contributed by atoms with E-state index >= 15 is 0 Å². The molecule has 0 aliphatic carbocycles. The number of fused-ring (bicyclic) bond motifs is 1. The van der Waals surface area contributed by atoms with Crippen LogP contribution in [0.15, 0.2) is 18.3 Å². The molecule has 0 saturated carbocycles. The van der Waals surface area contributed by atoms with Crippen molar-refractivity contribution in [3.05, 3.63) is 35.2 Å². The van der Waals surface area contributed by atoms with Gasteiger partial charge in [-0.3, -0.25) is 0 Å². The number of piperidine rings is 1. The van der Waals surface area contributed by atoms with Crippen LogP contribution in [0.1, 0.15) is 42.5 Å². The fraction of sp³-hybridized carbons (Fsp3) is 0.519. The summed E-state index contributed by atoms with van der Waals surface area (Å²) in [6.07, 6.45) is 2.46. The second-order valence-corrected chi connectivity index (χ2v) is 10.1. The van der Waals surface area contributed by atoms with Crippen molar-refractivity contribution in [2.75, 3.05) is 32.0 Å². The fourth-order valence-corrected chi connectivity index (χ4v) is 4.60. The largest absolute Gasteiger partial charge is 0.479 e. The quantitative estimate of drug-likeness (QED) is 0.160. The van der Waals surface area contributed by atoms with Gasteiger partial charge in [0, 0.05) is 12.7 Å². The molecule has 14 N–H and O–H groups in total. The number of nitrogens with one attached hydrogen (secondary N) is 2. The summed E-state index contributed by atoms with van der Waals surface area (Å²) in [5.41, 5.74) is 6.39. The molecule has 1 aromatic carbocycles. The van der Waals surface area contributed by atoms with E-state index in [0.29, 0.717) is 5.95 Å². The fourth-order valence-electron chi connectivity index (χ4n) is 4.60. The number of aromatic amines is 1. The van der Waals surface area contributed by atoms with Crippen LogP contribution >= 0.6 is 0 Å². The first-order chi connectivity index (χ1) is 18.5. The van der Waals surface area contributed by atoms with Crippen LogP contribution in [-0.4, -0.2) is 118 Å². The number of aliphatic carboxylic acids is 2. The number of carboxylic acid groups (broad SMARTS) is 2. The zero-order valence-electron chi connectivity index (χ0n) is 24.8. The summed E-state index contributed by atoms with van der Waals surface area (Å²) in [6, 6.07) is 4.30. The van der Waals surface area contributed by atoms with E-state index in [1.165, 1.54) is 49.9 Å². The summed E-state index contributed by atoms with van der Waals surface area (Å²) in [4.78, 5) is 39.4. The van der Waals surface area contributed by atoms with Gasteiger partial charge in [-0.05, 0) is 89.7 Å². The number of likely N-dealkylation sites (tertiary alicyclic amines) is 1. The number of aliphatic hydroxyl groups excluding tert-OH is 2. The summed E-state index contributed by atoms with van der Waals surface area (Å²) in [5, 5.41) is 35.9. The average Bonchev–Trinajstić information content (AvgIpc) is 3.31. The summed E-state index contributed by atoms with van der Waals surface area (Å²) in [6.45, 7) is 9.63. The first kappa shape index (κ1) is 41.4. The maximum absolute atomic E-state index is 9.77. The first-order valence-corrected chi connectivity index (χ1v) is 13.0. The van der Waals surface area contributed by atoms with Gasteiger partial charge in [-0.25, -0.2) is 24.5 Å². The van der Waals surface area contributed by atoms with Gasteiger partial charge in [0.1, 0.15) is 5.82 Å². The predicted octanol–water partition coefficient (Wildman–Crippen LogP) is -0.942. The molecule has 244 valence electrons. The van der Waals surface area contributed by atoms with Crippen molar-refractivity contribution in [2.24, 2.45) is 5.92 Å². The van der Waals surface area contributed by atoms with Crippen molar-refractivity contribution in [1.82, 2.24) is 24.8 Å². The number of aliphatic hydroxyl groups is 2. The molecule has 16 nitrogen and oxygen atoms in total. The number of carbonyl (C=O) groups is 2. The van der Waals surface area contributed by atoms with E-state index in [1.54, 1.807) is 0 Å². The number of hydrogen-bond donors (Lipinski definition) is 6. The number of H-pyrrole nitrogens is 1. The van der Waals surface area contributed by atoms with Gasteiger partial charge in [0.05, 0.1) is 22.3 Å². The maximum atomic E-state index is 9.77. The Bertz CT molecular complexity index is 1280. The third-order valence-electron chi connectivity index (χ3n) is 6.87. The van der Waals surface area contributed by atoms with Gasteiger partial charge in [-0.1, -0.05) is 6.07 Å². The Balaban J connectivity index is 0. The molecule has 1 fully saturated rings. The Labute approximate surface area is 249 Å². The van der Waals surface area contributed by atoms with Gasteiger partial charge in [-0.2, -0.15) is 0 Å². The highest BCUT2D eigenvalue weighted by Gasteiger charge is 2.29. The lowest BCUT2D eigenvalue weighted by molar-refractivity contribution is -0.165. The zero-order chi connectivity index (χ0) is 28.7. The van der Waals surface area contributed by atoms with E-state index in [1.807, 2.05) is 13.1 Å². The van der Waals surface area contributed by atoms with Gasteiger partial charge in [0.25, 0.3) is 0 Å². The maximum Gasteiger partial charge on any atom is 0.335 e. The van der Waals surface area contributed by atoms with E-state index in [2.05, 4.69) is 58.2 Å². The van der Waals surface area contributed by atoms with Crippen LogP contribution in [0.5, 0.6) is 0 Å². The van der Waals surface area contributed by atoms with Crippen molar-refractivity contribution >= 4 is 28.9 Å². The molecule has 0 bridgehead atoms. The highest BCUT2D eigenvalue weighted by molar-refractivity contribution is 5.83. The Morgan fingerprint density at radius 1 is 1.00 bits per heavy atom. The molecular formula is C27H46N6O10. The predicted molar refractivity (Wildman–Crippen MR) is 161 cm³/mol. The minimum absolute atomic E-state index is 0. The molecule has 0 spiro atoms. The number of benzene rings is 1. The first-order valence-electron chi connectivity index (χ1n) is 13.0. The van der Waals surface area contributed by atoms with E-state index in [4.69, 9.17) is 25.4 Å². The molecule has 1 aliphatic heterocycles. The second-order valence-electron chi connectivity index (χ2n) is 10.1. The topological polar surface area (TPSA) is 311 Å². The number of anilines is 1. The number of imidazole rings is 1. The summed E-state index contributed by atoms with van der Waals surface area (Å²) in [7, 11) is 2.22. The van der Waals surface area contributed by atoms with Crippen LogP contribution in [0.25, 0.3) is 22.4 Å². The van der Waals surface area contributed by atoms with Crippen LogP contribution in [0, 0.1) is 26.7 Å². The van der Waals surface area contributed by atoms with Crippen molar-refractivity contribution in [3.8, 4) is 11.4 Å². The normalized spacial score (nSPS) is 14.4. The average molecular weight is 615 g/mol. The molecule has 1 aliphatic rings. The lowest BCUT2D eigenvalue weighted by Gasteiger charge is -2.28. The smallest absolute Gasteiger partial charge is 0.335 e. The summed E-state index contributed by atoms with van der Waals surface area (Å²) >= 11 is 0. The SMILES string of the molecule is Cc1cc(C)c2nc(-c3cnc(NCCCC4CCN(C)CC4)nc3C)[nH]c2c1.O.O.O.O.O=C(O)C(O)C(O)C(=O)O. The highest BCUT2D eigenvalue weighted by Crippen LogP contribution is 2.25. The van der Waals surface area contributed by atoms with Crippen LogP contribution in [-0.2, 0) is 9.59 Å². The molecule has 0 amide bonds. The zero-order valence-corrected chi connectivity index (χ0v) is 24.8. The van der Waals surface area contributed by atoms with Crippen LogP contribution in [0.2, 0.25) is 0 Å². The lowest BCUT2D eigenvalue weighted by atomic mass is 9.92. The molecule has 3 heterocycles. The molecule has 1 saturated heterocycles.